The SMILES string of the molecule is N#Cc1cc(F)ccc1Oc1ccccc1[N+](=O)[O-]. The summed E-state index contributed by atoms with van der Waals surface area (Å²) in [7, 11) is 0. The molecule has 0 aliphatic carbocycles. The first-order valence-electron chi connectivity index (χ1n) is 5.22. The predicted octanol–water partition coefficient (Wildman–Crippen LogP) is 3.40. The molecule has 0 aliphatic rings. The second kappa shape index (κ2) is 5.14. The highest BCUT2D eigenvalue weighted by Crippen LogP contribution is 2.32. The Morgan fingerprint density at radius 1 is 1.21 bits per heavy atom. The van der Waals surface area contributed by atoms with Gasteiger partial charge in [0.2, 0.25) is 5.75 Å². The van der Waals surface area contributed by atoms with Gasteiger partial charge >= 0.3 is 5.69 Å². The van der Waals surface area contributed by atoms with E-state index in [0.29, 0.717) is 0 Å². The zero-order valence-electron chi connectivity index (χ0n) is 9.54. The number of nitrogens with zero attached hydrogens (tertiary/aromatic N) is 2. The normalized spacial score (nSPS) is 9.68. The first kappa shape index (κ1) is 12.5. The first-order chi connectivity index (χ1) is 9.11. The standard InChI is InChI=1S/C13H7FN2O3/c14-10-5-6-12(9(7-10)8-15)19-13-4-2-1-3-11(13)16(17)18/h1-7H. The van der Waals surface area contributed by atoms with Gasteiger partial charge in [-0.3, -0.25) is 10.1 Å². The van der Waals surface area contributed by atoms with Crippen molar-refractivity contribution in [1.82, 2.24) is 0 Å². The molecule has 2 aromatic rings. The molecule has 0 spiro atoms. The quantitative estimate of drug-likeness (QED) is 0.624. The molecule has 0 bridgehead atoms. The van der Waals surface area contributed by atoms with Gasteiger partial charge in [0, 0.05) is 6.07 Å². The van der Waals surface area contributed by atoms with Crippen LogP contribution in [-0.4, -0.2) is 4.92 Å². The molecule has 0 saturated carbocycles. The average molecular weight is 258 g/mol. The van der Waals surface area contributed by atoms with Crippen molar-refractivity contribution in [2.45, 2.75) is 0 Å². The minimum Gasteiger partial charge on any atom is -0.449 e. The fraction of sp³-hybridized carbons (Fsp3) is 0. The summed E-state index contributed by atoms with van der Waals surface area (Å²) < 4.78 is 18.3. The monoisotopic (exact) mass is 258 g/mol. The minimum atomic E-state index is -0.592. The molecule has 0 fully saturated rings. The lowest BCUT2D eigenvalue weighted by molar-refractivity contribution is -0.385. The van der Waals surface area contributed by atoms with E-state index in [1.807, 2.05) is 0 Å². The average Bonchev–Trinajstić information content (AvgIpc) is 2.41. The summed E-state index contributed by atoms with van der Waals surface area (Å²) in [5, 5.41) is 19.7. The van der Waals surface area contributed by atoms with E-state index in [1.54, 1.807) is 12.1 Å². The van der Waals surface area contributed by atoms with Crippen molar-refractivity contribution < 1.29 is 14.1 Å². The lowest BCUT2D eigenvalue weighted by atomic mass is 10.2. The molecule has 2 aromatic carbocycles. The summed E-state index contributed by atoms with van der Waals surface area (Å²) >= 11 is 0. The smallest absolute Gasteiger partial charge is 0.311 e. The highest BCUT2D eigenvalue weighted by Gasteiger charge is 2.16. The van der Waals surface area contributed by atoms with Gasteiger partial charge in [0.25, 0.3) is 0 Å². The van der Waals surface area contributed by atoms with E-state index in [-0.39, 0.29) is 22.7 Å². The van der Waals surface area contributed by atoms with Crippen LogP contribution in [0, 0.1) is 27.3 Å². The van der Waals surface area contributed by atoms with Gasteiger partial charge in [0.1, 0.15) is 17.6 Å². The molecule has 0 aromatic heterocycles. The Morgan fingerprint density at radius 2 is 1.95 bits per heavy atom. The molecule has 0 aliphatic heterocycles. The number of para-hydroxylation sites is 2. The molecule has 0 amide bonds. The molecular weight excluding hydrogens is 251 g/mol. The number of nitro benzene ring substituents is 1. The third-order valence-corrected chi connectivity index (χ3v) is 2.34. The lowest BCUT2D eigenvalue weighted by Crippen LogP contribution is -1.94. The number of nitro groups is 1. The van der Waals surface area contributed by atoms with Crippen LogP contribution in [0.5, 0.6) is 11.5 Å². The highest BCUT2D eigenvalue weighted by molar-refractivity contribution is 5.51. The van der Waals surface area contributed by atoms with Crippen molar-refractivity contribution in [1.29, 1.82) is 5.26 Å². The van der Waals surface area contributed by atoms with Crippen molar-refractivity contribution in [3.8, 4) is 17.6 Å². The summed E-state index contributed by atoms with van der Waals surface area (Å²) in [6, 6.07) is 10.9. The molecule has 19 heavy (non-hydrogen) atoms. The number of halogens is 1. The summed E-state index contributed by atoms with van der Waals surface area (Å²) in [6.07, 6.45) is 0. The molecule has 0 saturated heterocycles. The largest absolute Gasteiger partial charge is 0.449 e. The Kier molecular flexibility index (Phi) is 3.39. The third kappa shape index (κ3) is 2.66. The third-order valence-electron chi connectivity index (χ3n) is 2.34. The van der Waals surface area contributed by atoms with E-state index in [0.717, 1.165) is 12.1 Å². The van der Waals surface area contributed by atoms with Crippen molar-refractivity contribution in [3.63, 3.8) is 0 Å². The summed E-state index contributed by atoms with van der Waals surface area (Å²) in [6.45, 7) is 0. The Labute approximate surface area is 107 Å². The van der Waals surface area contributed by atoms with Crippen LogP contribution in [0.3, 0.4) is 0 Å². The summed E-state index contributed by atoms with van der Waals surface area (Å²) in [5.74, 6) is -0.514. The van der Waals surface area contributed by atoms with E-state index in [2.05, 4.69) is 0 Å². The highest BCUT2D eigenvalue weighted by atomic mass is 19.1. The van der Waals surface area contributed by atoms with Crippen LogP contribution >= 0.6 is 0 Å². The fourth-order valence-electron chi connectivity index (χ4n) is 1.49. The number of rotatable bonds is 3. The van der Waals surface area contributed by atoms with Gasteiger partial charge < -0.3 is 4.74 Å². The number of ether oxygens (including phenoxy) is 1. The molecule has 94 valence electrons. The van der Waals surface area contributed by atoms with E-state index in [1.165, 1.54) is 24.3 Å². The zero-order valence-corrected chi connectivity index (χ0v) is 9.54. The predicted molar refractivity (Wildman–Crippen MR) is 64.3 cm³/mol. The van der Waals surface area contributed by atoms with Gasteiger partial charge in [0.15, 0.2) is 0 Å². The second-order valence-electron chi connectivity index (χ2n) is 3.58. The molecule has 0 unspecified atom stereocenters. The van der Waals surface area contributed by atoms with Crippen LogP contribution in [0.1, 0.15) is 5.56 Å². The van der Waals surface area contributed by atoms with Crippen molar-refractivity contribution in [2.24, 2.45) is 0 Å². The van der Waals surface area contributed by atoms with Gasteiger partial charge in [-0.1, -0.05) is 12.1 Å². The molecule has 6 heteroatoms. The Bertz CT molecular complexity index is 680. The molecule has 0 N–H and O–H groups in total. The van der Waals surface area contributed by atoms with Crippen LogP contribution in [-0.2, 0) is 0 Å². The zero-order chi connectivity index (χ0) is 13.8. The molecule has 5 nitrogen and oxygen atoms in total. The van der Waals surface area contributed by atoms with E-state index in [9.17, 15) is 14.5 Å². The molecule has 2 rings (SSSR count). The van der Waals surface area contributed by atoms with Gasteiger partial charge in [-0.05, 0) is 24.3 Å². The first-order valence-corrected chi connectivity index (χ1v) is 5.22. The Hall–Kier alpha value is -2.94. The van der Waals surface area contributed by atoms with Crippen LogP contribution in [0.25, 0.3) is 0 Å². The van der Waals surface area contributed by atoms with Crippen molar-refractivity contribution in [2.75, 3.05) is 0 Å². The van der Waals surface area contributed by atoms with Crippen molar-refractivity contribution >= 4 is 5.69 Å². The number of nitriles is 1. The number of benzene rings is 2. The molecule has 0 atom stereocenters. The maximum absolute atomic E-state index is 13.0. The Balaban J connectivity index is 2.43. The van der Waals surface area contributed by atoms with Gasteiger partial charge in [0.05, 0.1) is 10.5 Å². The van der Waals surface area contributed by atoms with E-state index >= 15 is 0 Å². The van der Waals surface area contributed by atoms with Crippen LogP contribution in [0.4, 0.5) is 10.1 Å². The van der Waals surface area contributed by atoms with E-state index in [4.69, 9.17) is 10.00 Å². The summed E-state index contributed by atoms with van der Waals surface area (Å²) in [5.41, 5.74) is -0.256. The Morgan fingerprint density at radius 3 is 2.63 bits per heavy atom. The fourth-order valence-corrected chi connectivity index (χ4v) is 1.49. The molecular formula is C13H7FN2O3. The van der Waals surface area contributed by atoms with Gasteiger partial charge in [-0.25, -0.2) is 4.39 Å². The number of hydrogen-bond donors (Lipinski definition) is 0. The van der Waals surface area contributed by atoms with E-state index < -0.39 is 10.7 Å². The lowest BCUT2D eigenvalue weighted by Gasteiger charge is -2.07. The van der Waals surface area contributed by atoms with Gasteiger partial charge in [-0.2, -0.15) is 5.26 Å². The van der Waals surface area contributed by atoms with Crippen LogP contribution in [0.2, 0.25) is 0 Å². The van der Waals surface area contributed by atoms with Crippen molar-refractivity contribution in [3.05, 3.63) is 64.0 Å². The maximum Gasteiger partial charge on any atom is 0.311 e. The molecule has 0 heterocycles. The minimum absolute atomic E-state index is 0.00407. The van der Waals surface area contributed by atoms with Gasteiger partial charge in [-0.15, -0.1) is 0 Å². The second-order valence-corrected chi connectivity index (χ2v) is 3.58. The molecule has 0 radical (unpaired) electrons. The van der Waals surface area contributed by atoms with Crippen LogP contribution in [0.15, 0.2) is 42.5 Å². The summed E-state index contributed by atoms with van der Waals surface area (Å²) in [4.78, 5) is 10.2. The maximum atomic E-state index is 13.0. The number of hydrogen-bond acceptors (Lipinski definition) is 4. The topological polar surface area (TPSA) is 76.2 Å². The van der Waals surface area contributed by atoms with Crippen LogP contribution < -0.4 is 4.74 Å².